The minimum absolute atomic E-state index is 0.0571. The number of nitrogens with one attached hydrogen (secondary N) is 2. The topological polar surface area (TPSA) is 41.1 Å². The highest BCUT2D eigenvalue weighted by Crippen LogP contribution is 2.65. The van der Waals surface area contributed by atoms with Crippen LogP contribution in [0.15, 0.2) is 12.2 Å². The van der Waals surface area contributed by atoms with E-state index in [1.54, 1.807) is 0 Å². The van der Waals surface area contributed by atoms with Crippen LogP contribution in [0.4, 0.5) is 0 Å². The Balaban J connectivity index is 1.76. The maximum atomic E-state index is 13.2. The van der Waals surface area contributed by atoms with Crippen molar-refractivity contribution in [3.05, 3.63) is 12.2 Å². The second-order valence-electron chi connectivity index (χ2n) is 10.2. The SMILES string of the molecule is C=C1C2(C(=O)NC3CC(C)(C)NC(C)(C)C3)CCC(C2)C1(C)C. The monoisotopic (exact) mass is 318 g/mol. The normalized spacial score (nSPS) is 37.8. The molecule has 2 unspecified atom stereocenters. The van der Waals surface area contributed by atoms with Crippen LogP contribution in [0.5, 0.6) is 0 Å². The molecule has 2 bridgehead atoms. The fourth-order valence-corrected chi connectivity index (χ4v) is 5.89. The first-order chi connectivity index (χ1) is 10.4. The number of hydrogen-bond acceptors (Lipinski definition) is 2. The van der Waals surface area contributed by atoms with Gasteiger partial charge in [0.15, 0.2) is 0 Å². The molecule has 130 valence electrons. The fourth-order valence-electron chi connectivity index (χ4n) is 5.89. The van der Waals surface area contributed by atoms with Gasteiger partial charge in [-0.05, 0) is 71.1 Å². The summed E-state index contributed by atoms with van der Waals surface area (Å²) in [6, 6.07) is 0.249. The molecule has 0 aromatic carbocycles. The van der Waals surface area contributed by atoms with Crippen LogP contribution in [0.25, 0.3) is 0 Å². The molecule has 23 heavy (non-hydrogen) atoms. The molecule has 3 aliphatic rings. The van der Waals surface area contributed by atoms with E-state index >= 15 is 0 Å². The standard InChI is InChI=1S/C20H34N2O/c1-13-19(6,7)14-8-9-20(13,10-14)16(23)21-15-11-17(2,3)22-18(4,5)12-15/h14-15,22H,1,8-12H2,2-7H3,(H,21,23). The van der Waals surface area contributed by atoms with Crippen LogP contribution in [-0.2, 0) is 4.79 Å². The van der Waals surface area contributed by atoms with Crippen LogP contribution >= 0.6 is 0 Å². The van der Waals surface area contributed by atoms with Crippen LogP contribution in [0.3, 0.4) is 0 Å². The number of fused-ring (bicyclic) bond motifs is 2. The lowest BCUT2D eigenvalue weighted by molar-refractivity contribution is -0.130. The summed E-state index contributed by atoms with van der Waals surface area (Å²) in [7, 11) is 0. The van der Waals surface area contributed by atoms with Crippen molar-refractivity contribution in [1.29, 1.82) is 0 Å². The molecule has 1 aliphatic heterocycles. The second-order valence-corrected chi connectivity index (χ2v) is 10.2. The summed E-state index contributed by atoms with van der Waals surface area (Å²) in [5.41, 5.74) is 1.10. The summed E-state index contributed by atoms with van der Waals surface area (Å²) in [6.45, 7) is 17.8. The number of carbonyl (C=O) groups is 1. The van der Waals surface area contributed by atoms with Gasteiger partial charge in [0.1, 0.15) is 0 Å². The predicted octanol–water partition coefficient (Wildman–Crippen LogP) is 3.79. The summed E-state index contributed by atoms with van der Waals surface area (Å²) in [4.78, 5) is 13.2. The smallest absolute Gasteiger partial charge is 0.230 e. The average Bonchev–Trinajstić information content (AvgIpc) is 2.86. The molecule has 2 saturated carbocycles. The highest BCUT2D eigenvalue weighted by molar-refractivity contribution is 5.87. The van der Waals surface area contributed by atoms with E-state index in [1.807, 2.05) is 0 Å². The van der Waals surface area contributed by atoms with Crippen molar-refractivity contribution in [2.75, 3.05) is 0 Å². The molecule has 0 radical (unpaired) electrons. The van der Waals surface area contributed by atoms with Gasteiger partial charge in [-0.25, -0.2) is 0 Å². The van der Waals surface area contributed by atoms with Gasteiger partial charge in [0.05, 0.1) is 5.41 Å². The number of hydrogen-bond donors (Lipinski definition) is 2. The van der Waals surface area contributed by atoms with E-state index < -0.39 is 0 Å². The number of amides is 1. The Kier molecular flexibility index (Phi) is 3.58. The zero-order valence-corrected chi connectivity index (χ0v) is 15.8. The molecule has 0 aromatic heterocycles. The van der Waals surface area contributed by atoms with Crippen LogP contribution in [0.2, 0.25) is 0 Å². The van der Waals surface area contributed by atoms with E-state index in [2.05, 4.69) is 58.8 Å². The van der Waals surface area contributed by atoms with Gasteiger partial charge in [-0.15, -0.1) is 0 Å². The first-order valence-electron chi connectivity index (χ1n) is 9.18. The molecular weight excluding hydrogens is 284 g/mol. The summed E-state index contributed by atoms with van der Waals surface area (Å²) in [5.74, 6) is 0.871. The van der Waals surface area contributed by atoms with Crippen molar-refractivity contribution in [2.45, 2.75) is 90.8 Å². The van der Waals surface area contributed by atoms with Gasteiger partial charge in [0.25, 0.3) is 0 Å². The van der Waals surface area contributed by atoms with Gasteiger partial charge >= 0.3 is 0 Å². The lowest BCUT2D eigenvalue weighted by atomic mass is 9.68. The molecule has 3 rings (SSSR count). The minimum Gasteiger partial charge on any atom is -0.352 e. The Bertz CT molecular complexity index is 530. The van der Waals surface area contributed by atoms with E-state index in [9.17, 15) is 4.79 Å². The Morgan fingerprint density at radius 3 is 2.13 bits per heavy atom. The molecule has 3 heteroatoms. The quantitative estimate of drug-likeness (QED) is 0.761. The van der Waals surface area contributed by atoms with Gasteiger partial charge in [0, 0.05) is 17.1 Å². The third-order valence-corrected chi connectivity index (χ3v) is 6.85. The Morgan fingerprint density at radius 1 is 1.09 bits per heavy atom. The second kappa shape index (κ2) is 4.84. The van der Waals surface area contributed by atoms with Crippen molar-refractivity contribution in [1.82, 2.24) is 10.6 Å². The van der Waals surface area contributed by atoms with Crippen molar-refractivity contribution in [3.8, 4) is 0 Å². The molecule has 2 N–H and O–H groups in total. The van der Waals surface area contributed by atoms with E-state index in [1.165, 1.54) is 12.0 Å². The van der Waals surface area contributed by atoms with E-state index in [4.69, 9.17) is 0 Å². The zero-order chi connectivity index (χ0) is 17.3. The third kappa shape index (κ3) is 2.65. The molecule has 0 spiro atoms. The van der Waals surface area contributed by atoms with Gasteiger partial charge in [-0.2, -0.15) is 0 Å². The summed E-state index contributed by atoms with van der Waals surface area (Å²) in [5, 5.41) is 7.11. The molecule has 2 aliphatic carbocycles. The highest BCUT2D eigenvalue weighted by atomic mass is 16.2. The van der Waals surface area contributed by atoms with Crippen LogP contribution in [0, 0.1) is 16.7 Å². The van der Waals surface area contributed by atoms with E-state index in [0.717, 1.165) is 25.7 Å². The molecule has 3 fully saturated rings. The summed E-state index contributed by atoms with van der Waals surface area (Å²) < 4.78 is 0. The lowest BCUT2D eigenvalue weighted by Crippen LogP contribution is -2.63. The largest absolute Gasteiger partial charge is 0.352 e. The number of carbonyl (C=O) groups excluding carboxylic acids is 1. The first-order valence-corrected chi connectivity index (χ1v) is 9.18. The van der Waals surface area contributed by atoms with Gasteiger partial charge in [-0.1, -0.05) is 26.0 Å². The summed E-state index contributed by atoms with van der Waals surface area (Å²) >= 11 is 0. The molecule has 1 saturated heterocycles. The van der Waals surface area contributed by atoms with Crippen molar-refractivity contribution >= 4 is 5.91 Å². The number of rotatable bonds is 2. The Hall–Kier alpha value is -0.830. The zero-order valence-electron chi connectivity index (χ0n) is 15.8. The average molecular weight is 319 g/mol. The first kappa shape index (κ1) is 17.0. The van der Waals surface area contributed by atoms with Gasteiger partial charge in [-0.3, -0.25) is 4.79 Å². The van der Waals surface area contributed by atoms with Crippen LogP contribution < -0.4 is 10.6 Å². The minimum atomic E-state index is -0.298. The number of piperidine rings is 1. The van der Waals surface area contributed by atoms with Crippen LogP contribution in [0.1, 0.15) is 73.6 Å². The van der Waals surface area contributed by atoms with E-state index in [-0.39, 0.29) is 33.9 Å². The Morgan fingerprint density at radius 2 is 1.65 bits per heavy atom. The molecule has 1 heterocycles. The molecular formula is C20H34N2O. The molecule has 3 nitrogen and oxygen atoms in total. The molecule has 2 atom stereocenters. The molecule has 0 aromatic rings. The van der Waals surface area contributed by atoms with E-state index in [0.29, 0.717) is 5.92 Å². The van der Waals surface area contributed by atoms with Crippen LogP contribution in [-0.4, -0.2) is 23.0 Å². The van der Waals surface area contributed by atoms with Crippen molar-refractivity contribution < 1.29 is 4.79 Å². The molecule has 1 amide bonds. The van der Waals surface area contributed by atoms with Gasteiger partial charge < -0.3 is 10.6 Å². The maximum absolute atomic E-state index is 13.2. The maximum Gasteiger partial charge on any atom is 0.230 e. The van der Waals surface area contributed by atoms with Gasteiger partial charge in [0.2, 0.25) is 5.91 Å². The summed E-state index contributed by atoms with van der Waals surface area (Å²) in [6.07, 6.45) is 5.13. The van der Waals surface area contributed by atoms with Crippen molar-refractivity contribution in [2.24, 2.45) is 16.7 Å². The fraction of sp³-hybridized carbons (Fsp3) is 0.850. The third-order valence-electron chi connectivity index (χ3n) is 6.85. The predicted molar refractivity (Wildman–Crippen MR) is 95.2 cm³/mol. The highest BCUT2D eigenvalue weighted by Gasteiger charge is 2.61. The Labute approximate surface area is 141 Å². The van der Waals surface area contributed by atoms with Crippen molar-refractivity contribution in [3.63, 3.8) is 0 Å². The lowest BCUT2D eigenvalue weighted by Gasteiger charge is -2.47.